The number of benzene rings is 1. The fourth-order valence-electron chi connectivity index (χ4n) is 1.86. The van der Waals surface area contributed by atoms with E-state index in [2.05, 4.69) is 5.32 Å². The molecule has 1 amide bonds. The minimum atomic E-state index is -0.465. The number of nitrogens with one attached hydrogen (secondary N) is 1. The van der Waals surface area contributed by atoms with Crippen molar-refractivity contribution in [3.63, 3.8) is 0 Å². The highest BCUT2D eigenvalue weighted by Crippen LogP contribution is 2.28. The van der Waals surface area contributed by atoms with E-state index < -0.39 is 11.9 Å². The maximum Gasteiger partial charge on any atom is 0.234 e. The van der Waals surface area contributed by atoms with E-state index >= 15 is 0 Å². The Bertz CT molecular complexity index is 432. The molecule has 0 bridgehead atoms. The number of hydrogen-bond donors (Lipinski definition) is 4. The van der Waals surface area contributed by atoms with Crippen LogP contribution in [0.4, 0.5) is 0 Å². The Balaban J connectivity index is 2.87. The number of carbonyl (C=O) groups is 1. The predicted molar refractivity (Wildman–Crippen MR) is 69.1 cm³/mol. The Morgan fingerprint density at radius 2 is 1.89 bits per heavy atom. The lowest BCUT2D eigenvalue weighted by Gasteiger charge is -2.24. The van der Waals surface area contributed by atoms with E-state index in [4.69, 9.17) is 5.73 Å². The van der Waals surface area contributed by atoms with E-state index in [1.807, 2.05) is 20.8 Å². The van der Waals surface area contributed by atoms with Gasteiger partial charge in [-0.3, -0.25) is 10.1 Å². The first-order valence-electron chi connectivity index (χ1n) is 5.90. The minimum absolute atomic E-state index is 0.00115. The molecule has 2 unspecified atom stereocenters. The van der Waals surface area contributed by atoms with E-state index in [1.165, 1.54) is 12.1 Å². The van der Waals surface area contributed by atoms with Gasteiger partial charge >= 0.3 is 0 Å². The van der Waals surface area contributed by atoms with Crippen molar-refractivity contribution < 1.29 is 15.0 Å². The molecule has 0 spiro atoms. The molecule has 0 aliphatic rings. The summed E-state index contributed by atoms with van der Waals surface area (Å²) in [5, 5.41) is 22.0. The molecular weight excluding hydrogens is 232 g/mol. The molecule has 5 heteroatoms. The first kappa shape index (κ1) is 14.3. The van der Waals surface area contributed by atoms with E-state index in [0.717, 1.165) is 0 Å². The lowest BCUT2D eigenvalue weighted by atomic mass is 10.00. The highest BCUT2D eigenvalue weighted by atomic mass is 16.3. The molecule has 0 heterocycles. The molecule has 0 radical (unpaired) electrons. The van der Waals surface area contributed by atoms with Crippen LogP contribution in [0.5, 0.6) is 11.5 Å². The number of carbonyl (C=O) groups excluding carboxylic acids is 1. The number of phenolic OH excluding ortho intramolecular Hbond substituents is 2. The van der Waals surface area contributed by atoms with Crippen molar-refractivity contribution in [2.24, 2.45) is 11.7 Å². The number of rotatable bonds is 5. The molecule has 1 rings (SSSR count). The van der Waals surface area contributed by atoms with E-state index in [9.17, 15) is 15.0 Å². The lowest BCUT2D eigenvalue weighted by Crippen LogP contribution is -2.45. The maximum absolute atomic E-state index is 11.3. The Morgan fingerprint density at radius 3 is 2.33 bits per heavy atom. The van der Waals surface area contributed by atoms with Crippen LogP contribution in [0.15, 0.2) is 18.2 Å². The van der Waals surface area contributed by atoms with Gasteiger partial charge < -0.3 is 15.9 Å². The van der Waals surface area contributed by atoms with Crippen LogP contribution in [-0.2, 0) is 4.79 Å². The normalized spacial score (nSPS) is 14.4. The smallest absolute Gasteiger partial charge is 0.234 e. The Labute approximate surface area is 107 Å². The van der Waals surface area contributed by atoms with Crippen molar-refractivity contribution in [2.75, 3.05) is 0 Å². The van der Waals surface area contributed by atoms with Crippen LogP contribution in [0.3, 0.4) is 0 Å². The molecule has 5 nitrogen and oxygen atoms in total. The topological polar surface area (TPSA) is 95.6 Å². The summed E-state index contributed by atoms with van der Waals surface area (Å²) in [7, 11) is 0. The average Bonchev–Trinajstić information content (AvgIpc) is 2.24. The Morgan fingerprint density at radius 1 is 1.28 bits per heavy atom. The van der Waals surface area contributed by atoms with Gasteiger partial charge in [0.2, 0.25) is 5.91 Å². The van der Waals surface area contributed by atoms with Gasteiger partial charge in [0.15, 0.2) is 0 Å². The van der Waals surface area contributed by atoms with Crippen molar-refractivity contribution >= 4 is 5.91 Å². The molecule has 18 heavy (non-hydrogen) atoms. The number of nitrogens with two attached hydrogens (primary N) is 1. The van der Waals surface area contributed by atoms with Gasteiger partial charge in [-0.2, -0.15) is 0 Å². The summed E-state index contributed by atoms with van der Waals surface area (Å²) in [6.45, 7) is 5.61. The summed E-state index contributed by atoms with van der Waals surface area (Å²) >= 11 is 0. The summed E-state index contributed by atoms with van der Waals surface area (Å²) in [5.41, 5.74) is 5.93. The molecule has 0 aliphatic carbocycles. The SMILES string of the molecule is CC(NC(C(N)=O)C(C)C)c1ccc(O)cc1O. The van der Waals surface area contributed by atoms with E-state index in [-0.39, 0.29) is 23.5 Å². The van der Waals surface area contributed by atoms with Crippen molar-refractivity contribution in [2.45, 2.75) is 32.9 Å². The second kappa shape index (κ2) is 5.73. The van der Waals surface area contributed by atoms with Gasteiger partial charge in [0.05, 0.1) is 6.04 Å². The molecule has 0 aromatic heterocycles. The van der Waals surface area contributed by atoms with Crippen LogP contribution < -0.4 is 11.1 Å². The van der Waals surface area contributed by atoms with Crippen molar-refractivity contribution in [1.29, 1.82) is 0 Å². The lowest BCUT2D eigenvalue weighted by molar-refractivity contribution is -0.121. The number of aromatic hydroxyl groups is 2. The molecule has 0 saturated heterocycles. The number of primary amides is 1. The van der Waals surface area contributed by atoms with Crippen LogP contribution in [-0.4, -0.2) is 22.2 Å². The van der Waals surface area contributed by atoms with Crippen LogP contribution in [0.25, 0.3) is 0 Å². The summed E-state index contributed by atoms with van der Waals surface area (Å²) < 4.78 is 0. The first-order valence-corrected chi connectivity index (χ1v) is 5.90. The monoisotopic (exact) mass is 252 g/mol. The highest BCUT2D eigenvalue weighted by molar-refractivity contribution is 5.80. The predicted octanol–water partition coefficient (Wildman–Crippen LogP) is 1.26. The summed E-state index contributed by atoms with van der Waals surface area (Å²) in [5.74, 6) is -0.375. The third-order valence-electron chi connectivity index (χ3n) is 2.88. The molecule has 100 valence electrons. The van der Waals surface area contributed by atoms with Crippen molar-refractivity contribution in [1.82, 2.24) is 5.32 Å². The summed E-state index contributed by atoms with van der Waals surface area (Å²) in [4.78, 5) is 11.3. The van der Waals surface area contributed by atoms with Crippen LogP contribution >= 0.6 is 0 Å². The van der Waals surface area contributed by atoms with Crippen LogP contribution in [0, 0.1) is 5.92 Å². The minimum Gasteiger partial charge on any atom is -0.508 e. The van der Waals surface area contributed by atoms with E-state index in [1.54, 1.807) is 6.07 Å². The zero-order valence-electron chi connectivity index (χ0n) is 10.8. The number of hydrogen-bond acceptors (Lipinski definition) is 4. The summed E-state index contributed by atoms with van der Waals surface area (Å²) in [6, 6.07) is 3.66. The quantitative estimate of drug-likeness (QED) is 0.634. The van der Waals surface area contributed by atoms with Gasteiger partial charge in [0, 0.05) is 17.7 Å². The molecule has 0 fully saturated rings. The molecule has 2 atom stereocenters. The van der Waals surface area contributed by atoms with Crippen molar-refractivity contribution in [3.8, 4) is 11.5 Å². The molecular formula is C13H20N2O3. The second-order valence-corrected chi connectivity index (χ2v) is 4.76. The first-order chi connectivity index (χ1) is 8.32. The standard InChI is InChI=1S/C13H20N2O3/c1-7(2)12(13(14)18)15-8(3)10-5-4-9(16)6-11(10)17/h4-8,12,15-17H,1-3H3,(H2,14,18). The summed E-state index contributed by atoms with van der Waals surface area (Å²) in [6.07, 6.45) is 0. The average molecular weight is 252 g/mol. The fourth-order valence-corrected chi connectivity index (χ4v) is 1.86. The van der Waals surface area contributed by atoms with Gasteiger partial charge in [-0.25, -0.2) is 0 Å². The van der Waals surface area contributed by atoms with Crippen LogP contribution in [0.1, 0.15) is 32.4 Å². The van der Waals surface area contributed by atoms with Gasteiger partial charge in [-0.1, -0.05) is 19.9 Å². The van der Waals surface area contributed by atoms with Gasteiger partial charge in [0.25, 0.3) is 0 Å². The Hall–Kier alpha value is -1.75. The molecule has 0 saturated carbocycles. The molecule has 1 aromatic carbocycles. The van der Waals surface area contributed by atoms with Gasteiger partial charge in [-0.05, 0) is 18.9 Å². The zero-order valence-corrected chi connectivity index (χ0v) is 10.8. The Kier molecular flexibility index (Phi) is 4.55. The number of phenols is 2. The van der Waals surface area contributed by atoms with Crippen LogP contribution in [0.2, 0.25) is 0 Å². The third-order valence-corrected chi connectivity index (χ3v) is 2.88. The number of amides is 1. The van der Waals surface area contributed by atoms with Crippen molar-refractivity contribution in [3.05, 3.63) is 23.8 Å². The molecule has 1 aromatic rings. The highest BCUT2D eigenvalue weighted by Gasteiger charge is 2.22. The second-order valence-electron chi connectivity index (χ2n) is 4.76. The van der Waals surface area contributed by atoms with Gasteiger partial charge in [-0.15, -0.1) is 0 Å². The fraction of sp³-hybridized carbons (Fsp3) is 0.462. The van der Waals surface area contributed by atoms with Gasteiger partial charge in [0.1, 0.15) is 11.5 Å². The molecule has 5 N–H and O–H groups in total. The maximum atomic E-state index is 11.3. The molecule has 0 aliphatic heterocycles. The largest absolute Gasteiger partial charge is 0.508 e. The zero-order chi connectivity index (χ0) is 13.9. The van der Waals surface area contributed by atoms with E-state index in [0.29, 0.717) is 5.56 Å². The third kappa shape index (κ3) is 3.37.